The lowest BCUT2D eigenvalue weighted by Crippen LogP contribution is -1.99. The van der Waals surface area contributed by atoms with Gasteiger partial charge in [-0.3, -0.25) is 4.57 Å². The second kappa shape index (κ2) is 9.57. The number of carbonyl (C=O) groups is 1. The average molecular weight is 326 g/mol. The van der Waals surface area contributed by atoms with Gasteiger partial charge < -0.3 is 13.8 Å². The van der Waals surface area contributed by atoms with Crippen molar-refractivity contribution < 1.29 is 23.1 Å². The topological polar surface area (TPSA) is 61.8 Å². The molecular weight excluding hydrogens is 303 g/mol. The average Bonchev–Trinajstić information content (AvgIpc) is 2.47. The Labute approximate surface area is 131 Å². The first-order valence-electron chi connectivity index (χ1n) is 7.35. The van der Waals surface area contributed by atoms with Crippen molar-refractivity contribution in [1.82, 2.24) is 0 Å². The molecule has 0 saturated carbocycles. The molecule has 0 spiro atoms. The fraction of sp³-hybridized carbons (Fsp3) is 0.438. The van der Waals surface area contributed by atoms with Crippen LogP contribution in [0, 0.1) is 0 Å². The van der Waals surface area contributed by atoms with Gasteiger partial charge in [0, 0.05) is 6.08 Å². The van der Waals surface area contributed by atoms with E-state index in [0.717, 1.165) is 11.1 Å². The molecule has 0 aliphatic rings. The Hall–Kier alpha value is -1.42. The number of hydrogen-bond acceptors (Lipinski definition) is 5. The van der Waals surface area contributed by atoms with E-state index in [1.807, 2.05) is 24.3 Å². The molecule has 122 valence electrons. The third-order valence-corrected chi connectivity index (χ3v) is 4.76. The Balaban J connectivity index is 2.71. The van der Waals surface area contributed by atoms with Crippen LogP contribution in [0.1, 0.15) is 31.9 Å². The lowest BCUT2D eigenvalue weighted by Gasteiger charge is -2.16. The molecule has 0 bridgehead atoms. The molecule has 1 aromatic rings. The summed E-state index contributed by atoms with van der Waals surface area (Å²) < 4.78 is 27.8. The van der Waals surface area contributed by atoms with Gasteiger partial charge in [0.25, 0.3) is 0 Å². The van der Waals surface area contributed by atoms with Gasteiger partial charge in [-0.2, -0.15) is 0 Å². The number of rotatable bonds is 9. The molecule has 0 saturated heterocycles. The molecule has 1 aromatic carbocycles. The molecule has 0 amide bonds. The molecule has 1 rings (SSSR count). The molecule has 0 aliphatic heterocycles. The first kappa shape index (κ1) is 18.6. The normalized spacial score (nSPS) is 11.8. The summed E-state index contributed by atoms with van der Waals surface area (Å²) in [6, 6.07) is 7.37. The minimum atomic E-state index is -3.09. The number of ether oxygens (including phenoxy) is 1. The van der Waals surface area contributed by atoms with Gasteiger partial charge >= 0.3 is 13.6 Å². The molecule has 0 radical (unpaired) electrons. The van der Waals surface area contributed by atoms with E-state index < -0.39 is 7.60 Å². The maximum absolute atomic E-state index is 12.4. The standard InChI is InChI=1S/C16H23O5P/c1-4-19-16(17)12-11-14-7-9-15(10-8-14)13-22(18,20-5-2)21-6-3/h7-12H,4-6,13H2,1-3H3. The summed E-state index contributed by atoms with van der Waals surface area (Å²) in [6.07, 6.45) is 3.28. The Morgan fingerprint density at radius 1 is 1.05 bits per heavy atom. The van der Waals surface area contributed by atoms with Gasteiger partial charge in [0.15, 0.2) is 0 Å². The highest BCUT2D eigenvalue weighted by molar-refractivity contribution is 7.53. The highest BCUT2D eigenvalue weighted by Crippen LogP contribution is 2.51. The van der Waals surface area contributed by atoms with Crippen LogP contribution in [0.25, 0.3) is 6.08 Å². The number of benzene rings is 1. The largest absolute Gasteiger partial charge is 0.463 e. The van der Waals surface area contributed by atoms with Crippen LogP contribution in [0.4, 0.5) is 0 Å². The molecule has 0 fully saturated rings. The molecule has 22 heavy (non-hydrogen) atoms. The highest BCUT2D eigenvalue weighted by atomic mass is 31.2. The molecule has 0 heterocycles. The van der Waals surface area contributed by atoms with Gasteiger partial charge in [-0.15, -0.1) is 0 Å². The number of hydrogen-bond donors (Lipinski definition) is 0. The molecule has 0 unspecified atom stereocenters. The summed E-state index contributed by atoms with van der Waals surface area (Å²) in [5, 5.41) is 0. The Bertz CT molecular complexity index is 526. The van der Waals surface area contributed by atoms with Crippen molar-refractivity contribution in [1.29, 1.82) is 0 Å². The predicted molar refractivity (Wildman–Crippen MR) is 86.7 cm³/mol. The van der Waals surface area contributed by atoms with Crippen molar-refractivity contribution in [3.8, 4) is 0 Å². The van der Waals surface area contributed by atoms with Crippen LogP contribution >= 0.6 is 7.60 Å². The lowest BCUT2D eigenvalue weighted by atomic mass is 10.1. The third kappa shape index (κ3) is 6.56. The molecular formula is C16H23O5P. The Morgan fingerprint density at radius 2 is 1.64 bits per heavy atom. The van der Waals surface area contributed by atoms with E-state index in [9.17, 15) is 9.36 Å². The number of carbonyl (C=O) groups excluding carboxylic acids is 1. The van der Waals surface area contributed by atoms with E-state index in [-0.39, 0.29) is 12.1 Å². The minimum absolute atomic E-state index is 0.233. The maximum atomic E-state index is 12.4. The van der Waals surface area contributed by atoms with E-state index >= 15 is 0 Å². The van der Waals surface area contributed by atoms with Crippen molar-refractivity contribution >= 4 is 19.6 Å². The van der Waals surface area contributed by atoms with Crippen LogP contribution in [0.5, 0.6) is 0 Å². The van der Waals surface area contributed by atoms with Crippen LogP contribution < -0.4 is 0 Å². The third-order valence-electron chi connectivity index (χ3n) is 2.71. The van der Waals surface area contributed by atoms with Crippen LogP contribution in [-0.4, -0.2) is 25.8 Å². The summed E-state index contributed by atoms with van der Waals surface area (Å²) in [4.78, 5) is 11.2. The zero-order chi connectivity index (χ0) is 16.4. The van der Waals surface area contributed by atoms with Crippen LogP contribution in [0.15, 0.2) is 30.3 Å². The highest BCUT2D eigenvalue weighted by Gasteiger charge is 2.23. The lowest BCUT2D eigenvalue weighted by molar-refractivity contribution is -0.137. The number of esters is 1. The first-order chi connectivity index (χ1) is 10.5. The molecule has 5 nitrogen and oxygen atoms in total. The van der Waals surface area contributed by atoms with E-state index in [4.69, 9.17) is 13.8 Å². The summed E-state index contributed by atoms with van der Waals surface area (Å²) in [5.41, 5.74) is 1.72. The summed E-state index contributed by atoms with van der Waals surface area (Å²) >= 11 is 0. The summed E-state index contributed by atoms with van der Waals surface area (Å²) in [5.74, 6) is -0.372. The fourth-order valence-electron chi connectivity index (χ4n) is 1.83. The maximum Gasteiger partial charge on any atom is 0.335 e. The second-order valence-electron chi connectivity index (χ2n) is 4.43. The Kier molecular flexibility index (Phi) is 8.10. The molecule has 0 atom stereocenters. The van der Waals surface area contributed by atoms with Gasteiger partial charge in [-0.25, -0.2) is 4.79 Å². The first-order valence-corrected chi connectivity index (χ1v) is 9.07. The van der Waals surface area contributed by atoms with E-state index in [0.29, 0.717) is 19.8 Å². The van der Waals surface area contributed by atoms with Crippen LogP contribution in [0.3, 0.4) is 0 Å². The van der Waals surface area contributed by atoms with E-state index in [2.05, 4.69) is 0 Å². The van der Waals surface area contributed by atoms with Gasteiger partial charge in [0.1, 0.15) is 0 Å². The molecule has 0 aromatic heterocycles. The van der Waals surface area contributed by atoms with E-state index in [1.165, 1.54) is 6.08 Å². The van der Waals surface area contributed by atoms with Crippen molar-refractivity contribution in [2.75, 3.05) is 19.8 Å². The fourth-order valence-corrected chi connectivity index (χ4v) is 3.54. The van der Waals surface area contributed by atoms with Crippen molar-refractivity contribution in [2.45, 2.75) is 26.9 Å². The predicted octanol–water partition coefficient (Wildman–Crippen LogP) is 4.03. The molecule has 6 heteroatoms. The van der Waals surface area contributed by atoms with Crippen molar-refractivity contribution in [2.24, 2.45) is 0 Å². The quantitative estimate of drug-likeness (QED) is 0.389. The molecule has 0 aliphatic carbocycles. The van der Waals surface area contributed by atoms with Gasteiger partial charge in [0.05, 0.1) is 26.0 Å². The smallest absolute Gasteiger partial charge is 0.335 e. The van der Waals surface area contributed by atoms with Gasteiger partial charge in [-0.05, 0) is 38.0 Å². The van der Waals surface area contributed by atoms with Crippen molar-refractivity contribution in [3.05, 3.63) is 41.5 Å². The van der Waals surface area contributed by atoms with Gasteiger partial charge in [-0.1, -0.05) is 24.3 Å². The van der Waals surface area contributed by atoms with Gasteiger partial charge in [0.2, 0.25) is 0 Å². The second-order valence-corrected chi connectivity index (χ2v) is 6.49. The Morgan fingerprint density at radius 3 is 2.14 bits per heavy atom. The van der Waals surface area contributed by atoms with Crippen LogP contribution in [0.2, 0.25) is 0 Å². The van der Waals surface area contributed by atoms with Crippen LogP contribution in [-0.2, 0) is 29.3 Å². The monoisotopic (exact) mass is 326 g/mol. The summed E-state index contributed by atoms with van der Waals surface area (Å²) in [6.45, 7) is 6.38. The molecule has 0 N–H and O–H groups in total. The minimum Gasteiger partial charge on any atom is -0.463 e. The zero-order valence-corrected chi connectivity index (χ0v) is 14.2. The zero-order valence-electron chi connectivity index (χ0n) is 13.3. The summed E-state index contributed by atoms with van der Waals surface area (Å²) in [7, 11) is -3.09. The van der Waals surface area contributed by atoms with Crippen molar-refractivity contribution in [3.63, 3.8) is 0 Å². The SMILES string of the molecule is CCOC(=O)C=Cc1ccc(CP(=O)(OCC)OCC)cc1. The van der Waals surface area contributed by atoms with E-state index in [1.54, 1.807) is 26.8 Å².